The number of hydrogen-bond acceptors (Lipinski definition) is 6. The molecule has 0 aliphatic heterocycles. The molecule has 7 heteroatoms. The molecule has 1 fully saturated rings. The van der Waals surface area contributed by atoms with E-state index in [1.807, 2.05) is 30.3 Å². The summed E-state index contributed by atoms with van der Waals surface area (Å²) in [7, 11) is 0. The summed E-state index contributed by atoms with van der Waals surface area (Å²) in [6.45, 7) is 0. The van der Waals surface area contributed by atoms with Crippen LogP contribution >= 0.6 is 0 Å². The lowest BCUT2D eigenvalue weighted by molar-refractivity contribution is 0.126. The second-order valence-electron chi connectivity index (χ2n) is 6.58. The van der Waals surface area contributed by atoms with Crippen molar-refractivity contribution in [3.05, 3.63) is 48.0 Å². The maximum atomic E-state index is 9.66. The van der Waals surface area contributed by atoms with Gasteiger partial charge in [-0.25, -0.2) is 0 Å². The van der Waals surface area contributed by atoms with E-state index >= 15 is 0 Å². The first-order chi connectivity index (χ1) is 12.7. The quantitative estimate of drug-likeness (QED) is 0.670. The number of fused-ring (bicyclic) bond motifs is 1. The van der Waals surface area contributed by atoms with Gasteiger partial charge in [-0.1, -0.05) is 6.07 Å². The highest BCUT2D eigenvalue weighted by Crippen LogP contribution is 2.23. The SMILES string of the molecule is N#Cc1ccc(Nc2nc3cccc(NC4CCC(O)CC4)n3n2)cc1. The van der Waals surface area contributed by atoms with E-state index < -0.39 is 0 Å². The first-order valence-corrected chi connectivity index (χ1v) is 8.79. The largest absolute Gasteiger partial charge is 0.393 e. The molecule has 0 atom stereocenters. The molecule has 1 aromatic carbocycles. The number of rotatable bonds is 4. The van der Waals surface area contributed by atoms with Gasteiger partial charge in [0.2, 0.25) is 5.95 Å². The summed E-state index contributed by atoms with van der Waals surface area (Å²) in [6.07, 6.45) is 3.39. The Morgan fingerprint density at radius 1 is 1.08 bits per heavy atom. The highest BCUT2D eigenvalue weighted by molar-refractivity contribution is 5.58. The third-order valence-corrected chi connectivity index (χ3v) is 4.68. The topological polar surface area (TPSA) is 98.3 Å². The van der Waals surface area contributed by atoms with Crippen LogP contribution in [-0.4, -0.2) is 31.9 Å². The van der Waals surface area contributed by atoms with Gasteiger partial charge in [-0.05, 0) is 62.1 Å². The normalized spacial score (nSPS) is 19.8. The molecule has 0 bridgehead atoms. The molecule has 1 aliphatic rings. The van der Waals surface area contributed by atoms with Crippen LogP contribution in [0, 0.1) is 11.3 Å². The fraction of sp³-hybridized carbons (Fsp3) is 0.316. The number of nitrogens with zero attached hydrogens (tertiary/aromatic N) is 4. The maximum absolute atomic E-state index is 9.66. The Balaban J connectivity index is 1.54. The van der Waals surface area contributed by atoms with Crippen molar-refractivity contribution in [2.24, 2.45) is 0 Å². The van der Waals surface area contributed by atoms with Gasteiger partial charge in [-0.15, -0.1) is 5.10 Å². The van der Waals surface area contributed by atoms with Crippen molar-refractivity contribution in [3.63, 3.8) is 0 Å². The first kappa shape index (κ1) is 16.4. The summed E-state index contributed by atoms with van der Waals surface area (Å²) >= 11 is 0. The molecular weight excluding hydrogens is 328 g/mol. The highest BCUT2D eigenvalue weighted by Gasteiger charge is 2.20. The van der Waals surface area contributed by atoms with Gasteiger partial charge < -0.3 is 15.7 Å². The van der Waals surface area contributed by atoms with Crippen molar-refractivity contribution in [2.75, 3.05) is 10.6 Å². The monoisotopic (exact) mass is 348 g/mol. The Morgan fingerprint density at radius 2 is 1.85 bits per heavy atom. The Bertz CT molecular complexity index is 935. The summed E-state index contributed by atoms with van der Waals surface area (Å²) in [4.78, 5) is 4.51. The lowest BCUT2D eigenvalue weighted by Gasteiger charge is -2.26. The van der Waals surface area contributed by atoms with E-state index in [0.717, 1.165) is 42.8 Å². The Morgan fingerprint density at radius 3 is 2.58 bits per heavy atom. The molecule has 0 amide bonds. The molecule has 1 aliphatic carbocycles. The van der Waals surface area contributed by atoms with Crippen molar-refractivity contribution >= 4 is 23.1 Å². The summed E-state index contributed by atoms with van der Waals surface area (Å²) in [5.41, 5.74) is 2.19. The van der Waals surface area contributed by atoms with Crippen LogP contribution in [0.3, 0.4) is 0 Å². The Labute approximate surface area is 151 Å². The smallest absolute Gasteiger partial charge is 0.247 e. The molecule has 2 heterocycles. The zero-order valence-electron chi connectivity index (χ0n) is 14.3. The van der Waals surface area contributed by atoms with Gasteiger partial charge in [0, 0.05) is 11.7 Å². The summed E-state index contributed by atoms with van der Waals surface area (Å²) < 4.78 is 1.79. The van der Waals surface area contributed by atoms with Crippen LogP contribution in [0.1, 0.15) is 31.2 Å². The van der Waals surface area contributed by atoms with Gasteiger partial charge in [0.05, 0.1) is 17.7 Å². The standard InChI is InChI=1S/C19H20N6O/c20-12-13-4-6-15(7-5-13)22-19-23-18-3-1-2-17(25(18)24-19)21-14-8-10-16(26)11-9-14/h1-7,14,16,21,26H,8-11H2,(H,22,24). The van der Waals surface area contributed by atoms with Gasteiger partial charge in [-0.3, -0.25) is 0 Å². The van der Waals surface area contributed by atoms with Gasteiger partial charge >= 0.3 is 0 Å². The average molecular weight is 348 g/mol. The second-order valence-corrected chi connectivity index (χ2v) is 6.58. The number of aliphatic hydroxyl groups excluding tert-OH is 1. The Hall–Kier alpha value is -3.11. The van der Waals surface area contributed by atoms with Crippen LogP contribution in [0.5, 0.6) is 0 Å². The van der Waals surface area contributed by atoms with E-state index in [1.165, 1.54) is 0 Å². The molecule has 26 heavy (non-hydrogen) atoms. The van der Waals surface area contributed by atoms with Crippen molar-refractivity contribution in [3.8, 4) is 6.07 Å². The van der Waals surface area contributed by atoms with Crippen LogP contribution in [0.15, 0.2) is 42.5 Å². The van der Waals surface area contributed by atoms with E-state index in [2.05, 4.69) is 26.8 Å². The van der Waals surface area contributed by atoms with E-state index in [1.54, 1.807) is 16.6 Å². The minimum Gasteiger partial charge on any atom is -0.393 e. The fourth-order valence-electron chi connectivity index (χ4n) is 3.25. The molecule has 0 radical (unpaired) electrons. The molecule has 0 unspecified atom stereocenters. The lowest BCUT2D eigenvalue weighted by atomic mass is 9.93. The van der Waals surface area contributed by atoms with Crippen LogP contribution < -0.4 is 10.6 Å². The third kappa shape index (κ3) is 3.46. The number of aliphatic hydroxyl groups is 1. The molecule has 1 saturated carbocycles. The molecule has 0 spiro atoms. The van der Waals surface area contributed by atoms with Gasteiger partial charge in [0.25, 0.3) is 0 Å². The number of aromatic nitrogens is 3. The lowest BCUT2D eigenvalue weighted by Crippen LogP contribution is -2.29. The van der Waals surface area contributed by atoms with Crippen molar-refractivity contribution in [1.29, 1.82) is 5.26 Å². The zero-order valence-corrected chi connectivity index (χ0v) is 14.3. The highest BCUT2D eigenvalue weighted by atomic mass is 16.3. The molecule has 7 nitrogen and oxygen atoms in total. The molecule has 3 aromatic rings. The zero-order chi connectivity index (χ0) is 17.9. The number of pyridine rings is 1. The molecule has 3 N–H and O–H groups in total. The van der Waals surface area contributed by atoms with Crippen LogP contribution in [0.2, 0.25) is 0 Å². The third-order valence-electron chi connectivity index (χ3n) is 4.68. The molecule has 132 valence electrons. The van der Waals surface area contributed by atoms with E-state index in [-0.39, 0.29) is 6.10 Å². The van der Waals surface area contributed by atoms with Crippen LogP contribution in [0.25, 0.3) is 5.65 Å². The van der Waals surface area contributed by atoms with Crippen LogP contribution in [0.4, 0.5) is 17.5 Å². The van der Waals surface area contributed by atoms with Gasteiger partial charge in [0.15, 0.2) is 5.65 Å². The molecule has 0 saturated heterocycles. The number of nitriles is 1. The average Bonchev–Trinajstić information content (AvgIpc) is 3.08. The number of anilines is 3. The fourth-order valence-corrected chi connectivity index (χ4v) is 3.25. The number of nitrogens with one attached hydrogen (secondary N) is 2. The minimum absolute atomic E-state index is 0.168. The predicted molar refractivity (Wildman–Crippen MR) is 99.3 cm³/mol. The summed E-state index contributed by atoms with van der Waals surface area (Å²) in [6, 6.07) is 15.5. The summed E-state index contributed by atoms with van der Waals surface area (Å²) in [5.74, 6) is 1.40. The van der Waals surface area contributed by atoms with E-state index in [0.29, 0.717) is 17.6 Å². The number of hydrogen-bond donors (Lipinski definition) is 3. The molecular formula is C19H20N6O. The minimum atomic E-state index is -0.168. The summed E-state index contributed by atoms with van der Waals surface area (Å²) in [5, 5.41) is 29.8. The van der Waals surface area contributed by atoms with E-state index in [4.69, 9.17) is 5.26 Å². The maximum Gasteiger partial charge on any atom is 0.247 e. The van der Waals surface area contributed by atoms with Crippen molar-refractivity contribution in [2.45, 2.75) is 37.8 Å². The van der Waals surface area contributed by atoms with Gasteiger partial charge in [0.1, 0.15) is 5.82 Å². The van der Waals surface area contributed by atoms with Crippen molar-refractivity contribution in [1.82, 2.24) is 14.6 Å². The first-order valence-electron chi connectivity index (χ1n) is 8.79. The molecule has 4 rings (SSSR count). The van der Waals surface area contributed by atoms with Crippen molar-refractivity contribution < 1.29 is 5.11 Å². The number of benzene rings is 1. The second kappa shape index (κ2) is 7.02. The molecule has 2 aromatic heterocycles. The Kier molecular flexibility index (Phi) is 4.42. The van der Waals surface area contributed by atoms with Gasteiger partial charge in [-0.2, -0.15) is 14.8 Å². The van der Waals surface area contributed by atoms with Crippen LogP contribution in [-0.2, 0) is 0 Å². The van der Waals surface area contributed by atoms with E-state index in [9.17, 15) is 5.11 Å². The predicted octanol–water partition coefficient (Wildman–Crippen LogP) is 3.06.